The maximum absolute atomic E-state index is 13.3. The van der Waals surface area contributed by atoms with Crippen molar-refractivity contribution in [2.75, 3.05) is 6.54 Å². The molecule has 32 heavy (non-hydrogen) atoms. The summed E-state index contributed by atoms with van der Waals surface area (Å²) >= 11 is 0. The van der Waals surface area contributed by atoms with Crippen molar-refractivity contribution >= 4 is 11.7 Å². The highest BCUT2D eigenvalue weighted by Crippen LogP contribution is 2.27. The van der Waals surface area contributed by atoms with E-state index in [1.54, 1.807) is 32.9 Å². The standard InChI is InChI=1S/C25H26N2O5/c1-25(2,3)32-24(28)23(20(17-27(29)30)21-15-10-16-31-21)26-22(18-11-6-4-7-12-18)19-13-8-5-9-14-19/h4-16,20,23H,17H2,1-3H3/t20-,23+/m0/s1. The van der Waals surface area contributed by atoms with Crippen LogP contribution in [-0.2, 0) is 9.53 Å². The molecule has 0 aliphatic rings. The number of esters is 1. The van der Waals surface area contributed by atoms with Crippen molar-refractivity contribution in [3.05, 3.63) is 106 Å². The lowest BCUT2D eigenvalue weighted by atomic mass is 9.95. The van der Waals surface area contributed by atoms with Crippen LogP contribution in [0.25, 0.3) is 0 Å². The van der Waals surface area contributed by atoms with Crippen LogP contribution in [0.4, 0.5) is 0 Å². The number of carbonyl (C=O) groups is 1. The Morgan fingerprint density at radius 2 is 1.56 bits per heavy atom. The second kappa shape index (κ2) is 10.0. The van der Waals surface area contributed by atoms with E-state index in [1.807, 2.05) is 60.7 Å². The van der Waals surface area contributed by atoms with Crippen LogP contribution >= 0.6 is 0 Å². The van der Waals surface area contributed by atoms with Crippen LogP contribution < -0.4 is 0 Å². The third-order valence-electron chi connectivity index (χ3n) is 4.65. The number of aliphatic imine (C=N–C) groups is 1. The number of nitrogens with zero attached hydrogens (tertiary/aromatic N) is 2. The summed E-state index contributed by atoms with van der Waals surface area (Å²) in [7, 11) is 0. The minimum Gasteiger partial charge on any atom is -0.469 e. The number of rotatable bonds is 8. The molecular formula is C25H26N2O5. The summed E-state index contributed by atoms with van der Waals surface area (Å²) in [6, 6.07) is 20.9. The highest BCUT2D eigenvalue weighted by atomic mass is 16.6. The SMILES string of the molecule is CC(C)(C)OC(=O)[C@H](N=C(c1ccccc1)c1ccccc1)[C@@H](C[N+](=O)[O-])c1ccco1. The van der Waals surface area contributed by atoms with Gasteiger partial charge in [-0.15, -0.1) is 0 Å². The lowest BCUT2D eigenvalue weighted by Gasteiger charge is -2.25. The smallest absolute Gasteiger partial charge is 0.332 e. The van der Waals surface area contributed by atoms with Crippen molar-refractivity contribution < 1.29 is 18.9 Å². The summed E-state index contributed by atoms with van der Waals surface area (Å²) in [5.41, 5.74) is 1.33. The maximum atomic E-state index is 13.3. The minimum atomic E-state index is -1.18. The van der Waals surface area contributed by atoms with Crippen LogP contribution in [0.3, 0.4) is 0 Å². The molecular weight excluding hydrogens is 408 g/mol. The first-order chi connectivity index (χ1) is 15.2. The normalized spacial score (nSPS) is 13.1. The van der Waals surface area contributed by atoms with E-state index in [-0.39, 0.29) is 0 Å². The molecule has 0 aliphatic heterocycles. The zero-order valence-electron chi connectivity index (χ0n) is 18.3. The van der Waals surface area contributed by atoms with Gasteiger partial charge in [-0.3, -0.25) is 15.1 Å². The van der Waals surface area contributed by atoms with Gasteiger partial charge in [-0.25, -0.2) is 4.79 Å². The van der Waals surface area contributed by atoms with Gasteiger partial charge in [0.1, 0.15) is 17.3 Å². The Balaban J connectivity index is 2.18. The molecule has 7 nitrogen and oxygen atoms in total. The average Bonchev–Trinajstić information content (AvgIpc) is 3.28. The molecule has 0 amide bonds. The molecule has 0 radical (unpaired) electrons. The Kier molecular flexibility index (Phi) is 7.20. The highest BCUT2D eigenvalue weighted by Gasteiger charge is 2.38. The quantitative estimate of drug-likeness (QED) is 0.218. The molecule has 3 aromatic rings. The van der Waals surface area contributed by atoms with Gasteiger partial charge in [0.25, 0.3) is 0 Å². The summed E-state index contributed by atoms with van der Waals surface area (Å²) in [5, 5.41) is 11.5. The molecule has 1 aromatic heterocycles. The van der Waals surface area contributed by atoms with Crippen molar-refractivity contribution in [1.29, 1.82) is 0 Å². The van der Waals surface area contributed by atoms with E-state index in [9.17, 15) is 14.9 Å². The van der Waals surface area contributed by atoms with E-state index in [2.05, 4.69) is 0 Å². The van der Waals surface area contributed by atoms with Gasteiger partial charge in [0.15, 0.2) is 6.04 Å². The molecule has 0 aliphatic carbocycles. The zero-order chi connectivity index (χ0) is 23.1. The summed E-state index contributed by atoms with van der Waals surface area (Å²) in [5.74, 6) is -1.27. The van der Waals surface area contributed by atoms with Crippen molar-refractivity contribution in [1.82, 2.24) is 0 Å². The molecule has 0 saturated heterocycles. The van der Waals surface area contributed by atoms with Crippen LogP contribution in [0.1, 0.15) is 43.6 Å². The Morgan fingerprint density at radius 1 is 1.00 bits per heavy atom. The van der Waals surface area contributed by atoms with Gasteiger partial charge in [-0.2, -0.15) is 0 Å². The van der Waals surface area contributed by atoms with E-state index in [1.165, 1.54) is 6.26 Å². The fourth-order valence-electron chi connectivity index (χ4n) is 3.32. The first-order valence-electron chi connectivity index (χ1n) is 10.3. The van der Waals surface area contributed by atoms with Crippen molar-refractivity contribution in [2.24, 2.45) is 4.99 Å². The highest BCUT2D eigenvalue weighted by molar-refractivity contribution is 6.13. The van der Waals surface area contributed by atoms with Crippen LogP contribution in [-0.4, -0.2) is 34.8 Å². The number of carbonyl (C=O) groups excluding carboxylic acids is 1. The lowest BCUT2D eigenvalue weighted by molar-refractivity contribution is -0.484. The summed E-state index contributed by atoms with van der Waals surface area (Å²) in [6.07, 6.45) is 1.42. The van der Waals surface area contributed by atoms with Crippen LogP contribution in [0.15, 0.2) is 88.5 Å². The van der Waals surface area contributed by atoms with E-state index in [0.717, 1.165) is 11.1 Å². The number of benzene rings is 2. The topological polar surface area (TPSA) is 94.9 Å². The number of nitro groups is 1. The summed E-state index contributed by atoms with van der Waals surface area (Å²) < 4.78 is 11.1. The molecule has 2 aromatic carbocycles. The molecule has 0 fully saturated rings. The third-order valence-corrected chi connectivity index (χ3v) is 4.65. The molecule has 0 saturated carbocycles. The number of hydrogen-bond donors (Lipinski definition) is 0. The van der Waals surface area contributed by atoms with Crippen molar-refractivity contribution in [3.8, 4) is 0 Å². The van der Waals surface area contributed by atoms with Gasteiger partial charge in [0, 0.05) is 16.1 Å². The van der Waals surface area contributed by atoms with Crippen molar-refractivity contribution in [2.45, 2.75) is 38.3 Å². The predicted octanol–water partition coefficient (Wildman–Crippen LogP) is 4.89. The van der Waals surface area contributed by atoms with Gasteiger partial charge in [0.05, 0.1) is 12.0 Å². The predicted molar refractivity (Wildman–Crippen MR) is 121 cm³/mol. The Bertz CT molecular complexity index is 1010. The molecule has 2 atom stereocenters. The van der Waals surface area contributed by atoms with E-state index >= 15 is 0 Å². The van der Waals surface area contributed by atoms with Crippen LogP contribution in [0, 0.1) is 10.1 Å². The maximum Gasteiger partial charge on any atom is 0.332 e. The number of furan rings is 1. The van der Waals surface area contributed by atoms with Gasteiger partial charge >= 0.3 is 5.97 Å². The fourth-order valence-corrected chi connectivity index (χ4v) is 3.32. The molecule has 1 heterocycles. The molecule has 0 spiro atoms. The van der Waals surface area contributed by atoms with Gasteiger partial charge < -0.3 is 9.15 Å². The van der Waals surface area contributed by atoms with Crippen LogP contribution in [0.5, 0.6) is 0 Å². The number of hydrogen-bond acceptors (Lipinski definition) is 6. The summed E-state index contributed by atoms with van der Waals surface area (Å²) in [4.78, 5) is 29.1. The zero-order valence-corrected chi connectivity index (χ0v) is 18.3. The largest absolute Gasteiger partial charge is 0.469 e. The Morgan fingerprint density at radius 3 is 2.00 bits per heavy atom. The molecule has 0 N–H and O–H groups in total. The minimum absolute atomic E-state index is 0.307. The monoisotopic (exact) mass is 434 g/mol. The van der Waals surface area contributed by atoms with E-state index in [4.69, 9.17) is 14.1 Å². The molecule has 0 bridgehead atoms. The Labute approximate surface area is 186 Å². The van der Waals surface area contributed by atoms with Crippen molar-refractivity contribution in [3.63, 3.8) is 0 Å². The first-order valence-corrected chi connectivity index (χ1v) is 10.3. The average molecular weight is 434 g/mol. The van der Waals surface area contributed by atoms with E-state index in [0.29, 0.717) is 11.5 Å². The second-order valence-corrected chi connectivity index (χ2v) is 8.33. The van der Waals surface area contributed by atoms with Gasteiger partial charge in [-0.1, -0.05) is 60.7 Å². The second-order valence-electron chi connectivity index (χ2n) is 8.33. The molecule has 7 heteroatoms. The molecule has 3 rings (SSSR count). The third kappa shape index (κ3) is 6.14. The molecule has 0 unspecified atom stereocenters. The fraction of sp³-hybridized carbons (Fsp3) is 0.280. The Hall–Kier alpha value is -3.74. The molecule has 166 valence electrons. The van der Waals surface area contributed by atoms with Gasteiger partial charge in [-0.05, 0) is 32.9 Å². The first kappa shape index (κ1) is 22.9. The van der Waals surface area contributed by atoms with Crippen LogP contribution in [0.2, 0.25) is 0 Å². The van der Waals surface area contributed by atoms with E-state index < -0.39 is 35.0 Å². The van der Waals surface area contributed by atoms with Gasteiger partial charge in [0.2, 0.25) is 6.54 Å². The number of ether oxygens (including phenoxy) is 1. The summed E-state index contributed by atoms with van der Waals surface area (Å²) in [6.45, 7) is 4.71. The lowest BCUT2D eigenvalue weighted by Crippen LogP contribution is -2.37.